The molecule has 1 saturated heterocycles. The first-order valence-electron chi connectivity index (χ1n) is 10.9. The van der Waals surface area contributed by atoms with Crippen molar-refractivity contribution < 1.29 is 4.79 Å². The highest BCUT2D eigenvalue weighted by atomic mass is 32.1. The molecule has 0 radical (unpaired) electrons. The molecule has 1 fully saturated rings. The van der Waals surface area contributed by atoms with E-state index in [1.807, 2.05) is 31.2 Å². The molecule has 0 aliphatic carbocycles. The Morgan fingerprint density at radius 3 is 2.93 bits per heavy atom. The second kappa shape index (κ2) is 8.86. The van der Waals surface area contributed by atoms with Gasteiger partial charge >= 0.3 is 0 Å². The van der Waals surface area contributed by atoms with Crippen molar-refractivity contribution in [1.82, 2.24) is 20.0 Å². The number of rotatable bonds is 6. The maximum Gasteiger partial charge on any atom is 0.276 e. The van der Waals surface area contributed by atoms with E-state index in [1.54, 1.807) is 18.3 Å². The molecule has 160 valence electrons. The topological polar surface area (TPSA) is 67.2 Å². The van der Waals surface area contributed by atoms with Gasteiger partial charge in [0.2, 0.25) is 5.91 Å². The number of amides is 1. The van der Waals surface area contributed by atoms with E-state index in [4.69, 9.17) is 0 Å². The molecule has 3 heterocycles. The first kappa shape index (κ1) is 21.0. The van der Waals surface area contributed by atoms with Crippen LogP contribution in [0.25, 0.3) is 20.2 Å². The minimum Gasteiger partial charge on any atom is -0.354 e. The summed E-state index contributed by atoms with van der Waals surface area (Å²) in [5.74, 6) is -0.158. The van der Waals surface area contributed by atoms with E-state index in [1.165, 1.54) is 23.9 Å². The van der Waals surface area contributed by atoms with Crippen LogP contribution < -0.4 is 10.9 Å². The molecule has 0 spiro atoms. The third kappa shape index (κ3) is 4.01. The predicted octanol–water partition coefficient (Wildman–Crippen LogP) is 3.86. The molecule has 1 aliphatic heterocycles. The summed E-state index contributed by atoms with van der Waals surface area (Å²) >= 11 is 1.58. The second-order valence-electron chi connectivity index (χ2n) is 8.34. The van der Waals surface area contributed by atoms with Crippen LogP contribution >= 0.6 is 11.3 Å². The number of likely N-dealkylation sites (tertiary alicyclic amines) is 1. The number of nitrogens with one attached hydrogen (secondary N) is 1. The Balaban J connectivity index is 1.46. The molecular formula is C23H30N4O2S. The van der Waals surface area contributed by atoms with Crippen LogP contribution in [0.5, 0.6) is 0 Å². The van der Waals surface area contributed by atoms with Crippen LogP contribution in [0.1, 0.15) is 51.3 Å². The molecule has 0 saturated carbocycles. The minimum absolute atomic E-state index is 0.158. The maximum absolute atomic E-state index is 13.2. The number of fused-ring (bicyclic) bond motifs is 3. The van der Waals surface area contributed by atoms with E-state index < -0.39 is 6.04 Å². The van der Waals surface area contributed by atoms with Gasteiger partial charge in [0.1, 0.15) is 6.04 Å². The number of aryl methyl sites for hydroxylation is 1. The van der Waals surface area contributed by atoms with Gasteiger partial charge < -0.3 is 10.2 Å². The number of hydrogen-bond donors (Lipinski definition) is 1. The van der Waals surface area contributed by atoms with Crippen molar-refractivity contribution in [2.24, 2.45) is 0 Å². The summed E-state index contributed by atoms with van der Waals surface area (Å²) < 4.78 is 3.32. The summed E-state index contributed by atoms with van der Waals surface area (Å²) in [6.45, 7) is 8.70. The molecule has 0 bridgehead atoms. The van der Waals surface area contributed by atoms with Crippen molar-refractivity contribution in [3.63, 3.8) is 0 Å². The summed E-state index contributed by atoms with van der Waals surface area (Å²) in [6.07, 6.45) is 4.76. The molecule has 1 N–H and O–H groups in total. The van der Waals surface area contributed by atoms with Gasteiger partial charge in [-0.1, -0.05) is 24.6 Å². The summed E-state index contributed by atoms with van der Waals surface area (Å²) in [5.41, 5.74) is 0.586. The van der Waals surface area contributed by atoms with Gasteiger partial charge in [-0.25, -0.2) is 4.68 Å². The van der Waals surface area contributed by atoms with Gasteiger partial charge in [0, 0.05) is 29.2 Å². The third-order valence-electron chi connectivity index (χ3n) is 6.21. The number of carbonyl (C=O) groups is 1. The standard InChI is InChI=1S/C23H30N4O2S/c1-15-9-6-7-13-26(15)14-8-12-24-22(28)17(3)27-23(29)20-18-10-4-5-11-19(18)30-21(20)16(2)25-27/h4-5,10-11,15,17H,6-9,12-14H2,1-3H3,(H,24,28)/t15-,17+/m0/s1. The monoisotopic (exact) mass is 426 g/mol. The number of thiophene rings is 1. The summed E-state index contributed by atoms with van der Waals surface area (Å²) in [5, 5.41) is 9.08. The molecule has 2 atom stereocenters. The molecule has 30 heavy (non-hydrogen) atoms. The molecule has 0 unspecified atom stereocenters. The van der Waals surface area contributed by atoms with Crippen molar-refractivity contribution in [2.75, 3.05) is 19.6 Å². The lowest BCUT2D eigenvalue weighted by Gasteiger charge is -2.33. The number of nitrogens with zero attached hydrogens (tertiary/aromatic N) is 3. The van der Waals surface area contributed by atoms with Crippen LogP contribution in [0.4, 0.5) is 0 Å². The molecule has 1 aliphatic rings. The van der Waals surface area contributed by atoms with E-state index in [2.05, 4.69) is 22.2 Å². The van der Waals surface area contributed by atoms with Gasteiger partial charge in [0.15, 0.2) is 0 Å². The Hall–Kier alpha value is -2.25. The van der Waals surface area contributed by atoms with Crippen LogP contribution in [-0.4, -0.2) is 46.3 Å². The highest BCUT2D eigenvalue weighted by Gasteiger charge is 2.22. The number of benzene rings is 1. The lowest BCUT2D eigenvalue weighted by atomic mass is 10.0. The normalized spacial score (nSPS) is 18.7. The third-order valence-corrected chi connectivity index (χ3v) is 7.49. The fraction of sp³-hybridized carbons (Fsp3) is 0.522. The van der Waals surface area contributed by atoms with Gasteiger partial charge in [-0.15, -0.1) is 11.3 Å². The van der Waals surface area contributed by atoms with Crippen LogP contribution in [0.2, 0.25) is 0 Å². The van der Waals surface area contributed by atoms with Gasteiger partial charge in [0.05, 0.1) is 15.8 Å². The molecule has 2 aromatic heterocycles. The lowest BCUT2D eigenvalue weighted by molar-refractivity contribution is -0.124. The van der Waals surface area contributed by atoms with Gasteiger partial charge in [0.25, 0.3) is 5.56 Å². The maximum atomic E-state index is 13.2. The average Bonchev–Trinajstić information content (AvgIpc) is 3.15. The first-order valence-corrected chi connectivity index (χ1v) is 11.7. The fourth-order valence-electron chi connectivity index (χ4n) is 4.38. The fourth-order valence-corrected chi connectivity index (χ4v) is 5.52. The Morgan fingerprint density at radius 1 is 1.33 bits per heavy atom. The van der Waals surface area contributed by atoms with E-state index in [0.717, 1.165) is 40.0 Å². The Labute approximate surface area is 180 Å². The quantitative estimate of drug-likeness (QED) is 0.608. The van der Waals surface area contributed by atoms with Crippen LogP contribution in [-0.2, 0) is 4.79 Å². The SMILES string of the molecule is Cc1nn([C@H](C)C(=O)NCCCN2CCCC[C@@H]2C)c(=O)c2c1sc1ccccc12. The van der Waals surface area contributed by atoms with E-state index in [-0.39, 0.29) is 11.5 Å². The summed E-state index contributed by atoms with van der Waals surface area (Å²) in [7, 11) is 0. The summed E-state index contributed by atoms with van der Waals surface area (Å²) in [6, 6.07) is 7.88. The van der Waals surface area contributed by atoms with Crippen molar-refractivity contribution >= 4 is 37.4 Å². The van der Waals surface area contributed by atoms with Crippen molar-refractivity contribution in [1.29, 1.82) is 0 Å². The largest absolute Gasteiger partial charge is 0.354 e. The Bertz CT molecular complexity index is 1120. The molecule has 7 heteroatoms. The zero-order valence-corrected chi connectivity index (χ0v) is 18.8. The first-order chi connectivity index (χ1) is 14.5. The molecule has 6 nitrogen and oxygen atoms in total. The smallest absolute Gasteiger partial charge is 0.276 e. The van der Waals surface area contributed by atoms with Crippen LogP contribution in [0, 0.1) is 6.92 Å². The highest BCUT2D eigenvalue weighted by Crippen LogP contribution is 2.32. The average molecular weight is 427 g/mol. The van der Waals surface area contributed by atoms with Crippen molar-refractivity contribution in [3.8, 4) is 0 Å². The highest BCUT2D eigenvalue weighted by molar-refractivity contribution is 7.26. The van der Waals surface area contributed by atoms with Crippen LogP contribution in [0.3, 0.4) is 0 Å². The zero-order valence-electron chi connectivity index (χ0n) is 18.0. The summed E-state index contributed by atoms with van der Waals surface area (Å²) in [4.78, 5) is 28.4. The molecule has 4 rings (SSSR count). The van der Waals surface area contributed by atoms with Gasteiger partial charge in [-0.2, -0.15) is 5.10 Å². The Morgan fingerprint density at radius 2 is 2.13 bits per heavy atom. The lowest BCUT2D eigenvalue weighted by Crippen LogP contribution is -2.40. The Kier molecular flexibility index (Phi) is 6.20. The van der Waals surface area contributed by atoms with Crippen molar-refractivity contribution in [2.45, 2.75) is 58.5 Å². The second-order valence-corrected chi connectivity index (χ2v) is 9.39. The molecule has 3 aromatic rings. The number of piperidine rings is 1. The van der Waals surface area contributed by atoms with Crippen LogP contribution in [0.15, 0.2) is 29.1 Å². The van der Waals surface area contributed by atoms with E-state index >= 15 is 0 Å². The molecule has 1 amide bonds. The number of carbonyl (C=O) groups excluding carboxylic acids is 1. The minimum atomic E-state index is -0.645. The number of aromatic nitrogens is 2. The predicted molar refractivity (Wildman–Crippen MR) is 123 cm³/mol. The van der Waals surface area contributed by atoms with Gasteiger partial charge in [-0.05, 0) is 52.6 Å². The van der Waals surface area contributed by atoms with E-state index in [9.17, 15) is 9.59 Å². The number of hydrogen-bond acceptors (Lipinski definition) is 5. The van der Waals surface area contributed by atoms with Gasteiger partial charge in [-0.3, -0.25) is 9.59 Å². The van der Waals surface area contributed by atoms with Crippen molar-refractivity contribution in [3.05, 3.63) is 40.3 Å². The molecule has 1 aromatic carbocycles. The molecular weight excluding hydrogens is 396 g/mol. The van der Waals surface area contributed by atoms with E-state index in [0.29, 0.717) is 18.0 Å². The zero-order chi connectivity index (χ0) is 21.3.